The van der Waals surface area contributed by atoms with Crippen molar-refractivity contribution in [3.05, 3.63) is 29.8 Å². The Balaban J connectivity index is 0. The van der Waals surface area contributed by atoms with E-state index in [1.807, 2.05) is 45.0 Å². The van der Waals surface area contributed by atoms with E-state index in [4.69, 9.17) is 15.6 Å². The lowest BCUT2D eigenvalue weighted by atomic mass is 9.49. The molecule has 0 aliphatic rings. The molecule has 2 unspecified atom stereocenters. The SMILES string of the molecule is CC.CS(=O)(=O)Cl.[B][B]c1ccccc1C(CC)C([B])NC(=O)CNS(C)(=O)=O. The van der Waals surface area contributed by atoms with Crippen LogP contribution in [0.15, 0.2) is 24.3 Å². The van der Waals surface area contributed by atoms with Crippen molar-refractivity contribution in [1.82, 2.24) is 10.0 Å². The van der Waals surface area contributed by atoms with Gasteiger partial charge in [0.2, 0.25) is 25.0 Å². The lowest BCUT2D eigenvalue weighted by Gasteiger charge is -2.27. The number of carbonyl (C=O) groups is 1. The summed E-state index contributed by atoms with van der Waals surface area (Å²) >= 11 is 0. The van der Waals surface area contributed by atoms with E-state index >= 15 is 0 Å². The molecule has 0 aromatic heterocycles. The Bertz CT molecular complexity index is 816. The summed E-state index contributed by atoms with van der Waals surface area (Å²) < 4.78 is 42.9. The molecule has 0 saturated heterocycles. The zero-order valence-corrected chi connectivity index (χ0v) is 19.7. The van der Waals surface area contributed by atoms with E-state index in [9.17, 15) is 21.6 Å². The van der Waals surface area contributed by atoms with Gasteiger partial charge in [-0.1, -0.05) is 56.1 Å². The molecule has 0 fully saturated rings. The Kier molecular flexibility index (Phi) is 15.6. The van der Waals surface area contributed by atoms with Gasteiger partial charge in [-0.05, 0) is 18.3 Å². The van der Waals surface area contributed by atoms with Gasteiger partial charge < -0.3 is 5.32 Å². The third kappa shape index (κ3) is 16.5. The second-order valence-corrected chi connectivity index (χ2v) is 10.6. The van der Waals surface area contributed by atoms with Crippen LogP contribution in [0.2, 0.25) is 0 Å². The number of sulfonamides is 1. The summed E-state index contributed by atoms with van der Waals surface area (Å²) in [6.45, 7) is 5.62. The number of nitrogens with one attached hydrogen (secondary N) is 2. The predicted molar refractivity (Wildman–Crippen MR) is 123 cm³/mol. The highest BCUT2D eigenvalue weighted by Gasteiger charge is 2.21. The summed E-state index contributed by atoms with van der Waals surface area (Å²) in [5, 5.41) is 2.61. The van der Waals surface area contributed by atoms with E-state index in [2.05, 4.69) is 20.7 Å². The van der Waals surface area contributed by atoms with Gasteiger partial charge in [0.1, 0.15) is 0 Å². The predicted octanol–water partition coefficient (Wildman–Crippen LogP) is -0.0358. The maximum atomic E-state index is 11.8. The van der Waals surface area contributed by atoms with Crippen molar-refractivity contribution < 1.29 is 21.6 Å². The van der Waals surface area contributed by atoms with E-state index in [0.717, 1.165) is 23.5 Å². The van der Waals surface area contributed by atoms with Crippen LogP contribution in [-0.4, -0.2) is 70.5 Å². The second kappa shape index (κ2) is 14.9. The fraction of sp³-hybridized carbons (Fsp3) is 0.562. The van der Waals surface area contributed by atoms with Crippen LogP contribution in [0.25, 0.3) is 0 Å². The fourth-order valence-electron chi connectivity index (χ4n) is 2.20. The van der Waals surface area contributed by atoms with Gasteiger partial charge in [-0.2, -0.15) is 0 Å². The monoisotopic (exact) mass is 459 g/mol. The summed E-state index contributed by atoms with van der Waals surface area (Å²) in [4.78, 5) is 11.8. The average molecular weight is 459 g/mol. The third-order valence-electron chi connectivity index (χ3n) is 3.27. The first kappa shape index (κ1) is 30.2. The van der Waals surface area contributed by atoms with Crippen LogP contribution in [0.5, 0.6) is 0 Å². The Morgan fingerprint density at radius 2 is 1.66 bits per heavy atom. The van der Waals surface area contributed by atoms with Crippen molar-refractivity contribution in [2.45, 2.75) is 39.1 Å². The number of amides is 1. The van der Waals surface area contributed by atoms with Crippen LogP contribution < -0.4 is 15.5 Å². The molecule has 0 heterocycles. The van der Waals surface area contributed by atoms with Crippen LogP contribution in [0.1, 0.15) is 38.7 Å². The summed E-state index contributed by atoms with van der Waals surface area (Å²) in [5.74, 6) is -1.25. The quantitative estimate of drug-likeness (QED) is 0.419. The van der Waals surface area contributed by atoms with Gasteiger partial charge in [0.15, 0.2) is 0 Å². The molecule has 29 heavy (non-hydrogen) atoms. The van der Waals surface area contributed by atoms with Crippen LogP contribution in [-0.2, 0) is 23.9 Å². The zero-order valence-electron chi connectivity index (χ0n) is 17.3. The Morgan fingerprint density at radius 1 is 1.17 bits per heavy atom. The highest BCUT2D eigenvalue weighted by atomic mass is 35.7. The van der Waals surface area contributed by atoms with E-state index in [1.165, 1.54) is 7.17 Å². The molecular weight excluding hydrogens is 432 g/mol. The number of hydrogen-bond donors (Lipinski definition) is 2. The van der Waals surface area contributed by atoms with Gasteiger partial charge in [0, 0.05) is 18.4 Å². The van der Waals surface area contributed by atoms with Crippen molar-refractivity contribution in [3.8, 4) is 0 Å². The molecule has 159 valence electrons. The highest BCUT2D eigenvalue weighted by molar-refractivity contribution is 8.13. The normalized spacial score (nSPS) is 12.9. The molecule has 0 bridgehead atoms. The lowest BCUT2D eigenvalue weighted by molar-refractivity contribution is -0.120. The molecule has 5 radical (unpaired) electrons. The molecule has 0 aliphatic carbocycles. The Morgan fingerprint density at radius 3 is 2.07 bits per heavy atom. The summed E-state index contributed by atoms with van der Waals surface area (Å²) in [6.07, 6.45) is 2.61. The third-order valence-corrected chi connectivity index (χ3v) is 3.94. The Hall–Kier alpha value is -0.965. The molecule has 1 aromatic carbocycles. The summed E-state index contributed by atoms with van der Waals surface area (Å²) in [7, 11) is 11.1. The molecule has 0 spiro atoms. The van der Waals surface area contributed by atoms with Crippen molar-refractivity contribution in [2.24, 2.45) is 0 Å². The van der Waals surface area contributed by atoms with Crippen molar-refractivity contribution in [2.75, 3.05) is 19.1 Å². The average Bonchev–Trinajstić information content (AvgIpc) is 2.61. The summed E-state index contributed by atoms with van der Waals surface area (Å²) in [6, 6.07) is 7.53. The van der Waals surface area contributed by atoms with Gasteiger partial charge in [0.25, 0.3) is 0 Å². The minimum atomic E-state index is -3.42. The molecule has 13 heteroatoms. The molecule has 1 aromatic rings. The number of hydrogen-bond acceptors (Lipinski definition) is 5. The lowest BCUT2D eigenvalue weighted by Crippen LogP contribution is -2.45. The smallest absolute Gasteiger partial charge is 0.234 e. The van der Waals surface area contributed by atoms with Crippen LogP contribution in [0.3, 0.4) is 0 Å². The number of carbonyl (C=O) groups excluding carboxylic acids is 1. The molecule has 0 saturated carbocycles. The first-order valence-electron chi connectivity index (χ1n) is 8.81. The first-order valence-corrected chi connectivity index (χ1v) is 13.4. The zero-order chi connectivity index (χ0) is 23.3. The van der Waals surface area contributed by atoms with Gasteiger partial charge in [-0.25, -0.2) is 21.6 Å². The summed E-state index contributed by atoms with van der Waals surface area (Å²) in [5.41, 5.74) is 1.80. The number of benzene rings is 1. The van der Waals surface area contributed by atoms with Crippen LogP contribution in [0, 0.1) is 0 Å². The minimum absolute atomic E-state index is 0.127. The molecule has 1 amide bonds. The van der Waals surface area contributed by atoms with Crippen LogP contribution >= 0.6 is 10.7 Å². The van der Waals surface area contributed by atoms with E-state index in [0.29, 0.717) is 6.42 Å². The van der Waals surface area contributed by atoms with E-state index in [1.54, 1.807) is 0 Å². The van der Waals surface area contributed by atoms with E-state index < -0.39 is 30.9 Å². The van der Waals surface area contributed by atoms with Gasteiger partial charge >= 0.3 is 0 Å². The minimum Gasteiger partial charge on any atom is -0.360 e. The number of rotatable bonds is 8. The van der Waals surface area contributed by atoms with Gasteiger partial charge in [-0.15, -0.1) is 0 Å². The molecule has 1 rings (SSSR count). The largest absolute Gasteiger partial charge is 0.360 e. The molecule has 0 aliphatic heterocycles. The number of halogens is 1. The molecule has 2 N–H and O–H groups in total. The highest BCUT2D eigenvalue weighted by Crippen LogP contribution is 2.20. The molecule has 2 atom stereocenters. The first-order chi connectivity index (χ1) is 13.3. The van der Waals surface area contributed by atoms with Crippen LogP contribution in [0.4, 0.5) is 0 Å². The van der Waals surface area contributed by atoms with Crippen molar-refractivity contribution in [1.29, 1.82) is 0 Å². The maximum absolute atomic E-state index is 11.8. The molecular formula is C16H27B3ClN2O5S2. The van der Waals surface area contributed by atoms with Crippen molar-refractivity contribution >= 4 is 63.9 Å². The van der Waals surface area contributed by atoms with E-state index in [-0.39, 0.29) is 12.5 Å². The van der Waals surface area contributed by atoms with Crippen molar-refractivity contribution in [3.63, 3.8) is 0 Å². The second-order valence-electron chi connectivity index (χ2n) is 5.68. The maximum Gasteiger partial charge on any atom is 0.234 e. The van der Waals surface area contributed by atoms with Gasteiger partial charge in [0.05, 0.1) is 34.1 Å². The van der Waals surface area contributed by atoms with Gasteiger partial charge in [-0.3, -0.25) is 4.79 Å². The Labute approximate surface area is 183 Å². The standard InChI is InChI=1S/C13H18B3N2O3S.C2H6.CH3ClO2S/c1-3-9(10-6-4-5-7-11(10)16-15)13(14)18-12(19)8-17-22(2,20)21;1-2;1-5(2,3)4/h4-7,9,13,17H,3,8H2,1-2H3,(H,18,19);1-2H3;1H3. The fourth-order valence-corrected chi connectivity index (χ4v) is 2.60. The topological polar surface area (TPSA) is 109 Å². The molecule has 7 nitrogen and oxygen atoms in total.